The molecule has 0 saturated heterocycles. The predicted molar refractivity (Wildman–Crippen MR) is 81.0 cm³/mol. The number of hydrogen-bond acceptors (Lipinski definition) is 2. The average molecular weight is 266 g/mol. The zero-order chi connectivity index (χ0) is 13.9. The van der Waals surface area contributed by atoms with Gasteiger partial charge >= 0.3 is 0 Å². The predicted octanol–water partition coefficient (Wildman–Crippen LogP) is 2.61. The lowest BCUT2D eigenvalue weighted by Gasteiger charge is -2.20. The van der Waals surface area contributed by atoms with Crippen molar-refractivity contribution in [3.8, 4) is 0 Å². The highest BCUT2D eigenvalue weighted by Crippen LogP contribution is 2.19. The van der Waals surface area contributed by atoms with E-state index < -0.39 is 0 Å². The summed E-state index contributed by atoms with van der Waals surface area (Å²) in [6, 6.07) is 15.8. The fraction of sp³-hybridized carbons (Fsp3) is 0.235. The van der Waals surface area contributed by atoms with E-state index in [9.17, 15) is 4.79 Å². The second kappa shape index (κ2) is 5.47. The quantitative estimate of drug-likeness (QED) is 0.906. The highest BCUT2D eigenvalue weighted by atomic mass is 16.2. The molecule has 3 heteroatoms. The molecule has 3 nitrogen and oxygen atoms in total. The van der Waals surface area contributed by atoms with E-state index in [1.807, 2.05) is 49.5 Å². The number of carbonyl (C=O) groups excluding carboxylic acids is 1. The first-order valence-corrected chi connectivity index (χ1v) is 6.91. The average Bonchev–Trinajstić information content (AvgIpc) is 2.54. The summed E-state index contributed by atoms with van der Waals surface area (Å²) in [5.41, 5.74) is 4.25. The summed E-state index contributed by atoms with van der Waals surface area (Å²) in [5, 5.41) is 3.34. The SMILES string of the molecule is CN(C(=O)c1ccc2c(c1)CNCC2)c1ccccc1. The molecule has 20 heavy (non-hydrogen) atoms. The highest BCUT2D eigenvalue weighted by Gasteiger charge is 2.16. The van der Waals surface area contributed by atoms with Crippen LogP contribution in [0.25, 0.3) is 0 Å². The van der Waals surface area contributed by atoms with Crippen molar-refractivity contribution in [3.63, 3.8) is 0 Å². The summed E-state index contributed by atoms with van der Waals surface area (Å²) in [6.07, 6.45) is 1.04. The number of hydrogen-bond donors (Lipinski definition) is 1. The Morgan fingerprint density at radius 1 is 1.10 bits per heavy atom. The van der Waals surface area contributed by atoms with Gasteiger partial charge in [0, 0.05) is 24.8 Å². The van der Waals surface area contributed by atoms with E-state index in [1.165, 1.54) is 11.1 Å². The minimum absolute atomic E-state index is 0.0320. The number of carbonyl (C=O) groups is 1. The second-order valence-electron chi connectivity index (χ2n) is 5.11. The van der Waals surface area contributed by atoms with Crippen molar-refractivity contribution in [2.24, 2.45) is 0 Å². The van der Waals surface area contributed by atoms with Gasteiger partial charge in [-0.1, -0.05) is 24.3 Å². The third-order valence-corrected chi connectivity index (χ3v) is 3.79. The van der Waals surface area contributed by atoms with E-state index in [-0.39, 0.29) is 5.91 Å². The Bertz CT molecular complexity index is 622. The van der Waals surface area contributed by atoms with Gasteiger partial charge < -0.3 is 10.2 Å². The number of para-hydroxylation sites is 1. The fourth-order valence-corrected chi connectivity index (χ4v) is 2.58. The van der Waals surface area contributed by atoms with Crippen LogP contribution in [-0.2, 0) is 13.0 Å². The molecule has 0 fully saturated rings. The molecule has 0 saturated carbocycles. The minimum Gasteiger partial charge on any atom is -0.312 e. The van der Waals surface area contributed by atoms with Crippen LogP contribution in [0.1, 0.15) is 21.5 Å². The Morgan fingerprint density at radius 2 is 1.90 bits per heavy atom. The summed E-state index contributed by atoms with van der Waals surface area (Å²) in [5.74, 6) is 0.0320. The molecule has 102 valence electrons. The van der Waals surface area contributed by atoms with Crippen molar-refractivity contribution < 1.29 is 4.79 Å². The molecule has 0 radical (unpaired) electrons. The van der Waals surface area contributed by atoms with E-state index in [4.69, 9.17) is 0 Å². The van der Waals surface area contributed by atoms with Crippen molar-refractivity contribution in [1.82, 2.24) is 5.32 Å². The van der Waals surface area contributed by atoms with Crippen LogP contribution in [0, 0.1) is 0 Å². The lowest BCUT2D eigenvalue weighted by atomic mass is 9.98. The van der Waals surface area contributed by atoms with Crippen molar-refractivity contribution in [1.29, 1.82) is 0 Å². The van der Waals surface area contributed by atoms with Crippen molar-refractivity contribution in [2.75, 3.05) is 18.5 Å². The lowest BCUT2D eigenvalue weighted by molar-refractivity contribution is 0.0993. The molecule has 0 aliphatic carbocycles. The van der Waals surface area contributed by atoms with Crippen LogP contribution in [0.2, 0.25) is 0 Å². The third kappa shape index (κ3) is 2.45. The number of anilines is 1. The van der Waals surface area contributed by atoms with Gasteiger partial charge in [-0.25, -0.2) is 0 Å². The molecule has 0 atom stereocenters. The van der Waals surface area contributed by atoms with E-state index >= 15 is 0 Å². The summed E-state index contributed by atoms with van der Waals surface area (Å²) in [7, 11) is 1.81. The molecule has 1 aliphatic rings. The van der Waals surface area contributed by atoms with Gasteiger partial charge in [0.1, 0.15) is 0 Å². The van der Waals surface area contributed by atoms with Gasteiger partial charge in [0.15, 0.2) is 0 Å². The van der Waals surface area contributed by atoms with E-state index in [1.54, 1.807) is 4.90 Å². The maximum Gasteiger partial charge on any atom is 0.258 e. The van der Waals surface area contributed by atoms with Gasteiger partial charge in [0.25, 0.3) is 5.91 Å². The topological polar surface area (TPSA) is 32.3 Å². The van der Waals surface area contributed by atoms with Crippen molar-refractivity contribution >= 4 is 11.6 Å². The Balaban J connectivity index is 1.87. The molecule has 0 bridgehead atoms. The van der Waals surface area contributed by atoms with Crippen LogP contribution < -0.4 is 10.2 Å². The molecule has 0 unspecified atom stereocenters. The number of amides is 1. The van der Waals surface area contributed by atoms with Gasteiger partial charge in [-0.15, -0.1) is 0 Å². The molecule has 1 aliphatic heterocycles. The molecule has 0 spiro atoms. The number of nitrogens with one attached hydrogen (secondary N) is 1. The van der Waals surface area contributed by atoms with Crippen LogP contribution in [0.15, 0.2) is 48.5 Å². The number of nitrogens with zero attached hydrogens (tertiary/aromatic N) is 1. The number of rotatable bonds is 2. The molecule has 1 amide bonds. The first kappa shape index (κ1) is 12.9. The zero-order valence-electron chi connectivity index (χ0n) is 11.6. The normalized spacial score (nSPS) is 13.7. The standard InChI is InChI=1S/C17H18N2O/c1-19(16-5-3-2-4-6-16)17(20)14-8-7-13-9-10-18-12-15(13)11-14/h2-8,11,18H,9-10,12H2,1H3. The van der Waals surface area contributed by atoms with Crippen LogP contribution in [0.3, 0.4) is 0 Å². The smallest absolute Gasteiger partial charge is 0.258 e. The third-order valence-electron chi connectivity index (χ3n) is 3.79. The molecule has 2 aromatic carbocycles. The van der Waals surface area contributed by atoms with Crippen LogP contribution in [0.5, 0.6) is 0 Å². The molecular formula is C17H18N2O. The largest absolute Gasteiger partial charge is 0.312 e. The van der Waals surface area contributed by atoms with Gasteiger partial charge in [-0.3, -0.25) is 4.79 Å². The summed E-state index contributed by atoms with van der Waals surface area (Å²) in [6.45, 7) is 1.87. The lowest BCUT2D eigenvalue weighted by Crippen LogP contribution is -2.28. The minimum atomic E-state index is 0.0320. The van der Waals surface area contributed by atoms with Crippen LogP contribution in [-0.4, -0.2) is 19.5 Å². The van der Waals surface area contributed by atoms with Gasteiger partial charge in [-0.05, 0) is 48.4 Å². The molecule has 2 aromatic rings. The summed E-state index contributed by atoms with van der Waals surface area (Å²) >= 11 is 0. The maximum absolute atomic E-state index is 12.5. The van der Waals surface area contributed by atoms with E-state index in [2.05, 4.69) is 11.4 Å². The summed E-state index contributed by atoms with van der Waals surface area (Å²) < 4.78 is 0. The van der Waals surface area contributed by atoms with Crippen LogP contribution in [0.4, 0.5) is 5.69 Å². The molecule has 1 N–H and O–H groups in total. The first-order chi connectivity index (χ1) is 9.75. The zero-order valence-corrected chi connectivity index (χ0v) is 11.6. The highest BCUT2D eigenvalue weighted by molar-refractivity contribution is 6.05. The Morgan fingerprint density at radius 3 is 2.70 bits per heavy atom. The Labute approximate surface area is 119 Å². The van der Waals surface area contributed by atoms with Crippen LogP contribution >= 0.6 is 0 Å². The van der Waals surface area contributed by atoms with Crippen molar-refractivity contribution in [3.05, 3.63) is 65.2 Å². The molecule has 1 heterocycles. The van der Waals surface area contributed by atoms with Gasteiger partial charge in [0.2, 0.25) is 0 Å². The maximum atomic E-state index is 12.5. The second-order valence-corrected chi connectivity index (χ2v) is 5.11. The van der Waals surface area contributed by atoms with Gasteiger partial charge in [-0.2, -0.15) is 0 Å². The number of fused-ring (bicyclic) bond motifs is 1. The fourth-order valence-electron chi connectivity index (χ4n) is 2.58. The van der Waals surface area contributed by atoms with Gasteiger partial charge in [0.05, 0.1) is 0 Å². The Hall–Kier alpha value is -2.13. The number of benzene rings is 2. The molecular weight excluding hydrogens is 248 g/mol. The summed E-state index contributed by atoms with van der Waals surface area (Å²) in [4.78, 5) is 14.2. The van der Waals surface area contributed by atoms with Crippen molar-refractivity contribution in [2.45, 2.75) is 13.0 Å². The first-order valence-electron chi connectivity index (χ1n) is 6.91. The molecule has 3 rings (SSSR count). The van der Waals surface area contributed by atoms with E-state index in [0.29, 0.717) is 0 Å². The Kier molecular flexibility index (Phi) is 3.52. The van der Waals surface area contributed by atoms with E-state index in [0.717, 1.165) is 30.8 Å². The monoisotopic (exact) mass is 266 g/mol. The molecule has 0 aromatic heterocycles.